The summed E-state index contributed by atoms with van der Waals surface area (Å²) in [5, 5.41) is 0.733. The van der Waals surface area contributed by atoms with Gasteiger partial charge >= 0.3 is 0 Å². The number of hydrogen-bond acceptors (Lipinski definition) is 1. The van der Waals surface area contributed by atoms with Crippen molar-refractivity contribution in [1.29, 1.82) is 0 Å². The quantitative estimate of drug-likeness (QED) is 0.749. The second kappa shape index (κ2) is 5.74. The van der Waals surface area contributed by atoms with Crippen molar-refractivity contribution in [2.75, 3.05) is 0 Å². The largest absolute Gasteiger partial charge is 0.320 e. The molecule has 0 radical (unpaired) electrons. The average Bonchev–Trinajstić information content (AvgIpc) is 2.31. The van der Waals surface area contributed by atoms with Crippen molar-refractivity contribution in [3.8, 4) is 0 Å². The zero-order valence-electron chi connectivity index (χ0n) is 9.75. The molecule has 1 nitrogen and oxygen atoms in total. The van der Waals surface area contributed by atoms with Crippen molar-refractivity contribution in [3.63, 3.8) is 0 Å². The molecule has 0 amide bonds. The van der Waals surface area contributed by atoms with Gasteiger partial charge in [0, 0.05) is 14.0 Å². The smallest absolute Gasteiger partial charge is 0.0565 e. The summed E-state index contributed by atoms with van der Waals surface area (Å²) < 4.78 is 2.02. The molecule has 1 atom stereocenters. The number of hydrogen-bond donors (Lipinski definition) is 1. The lowest BCUT2D eigenvalue weighted by Crippen LogP contribution is -2.13. The van der Waals surface area contributed by atoms with Crippen molar-refractivity contribution in [3.05, 3.63) is 67.1 Å². The molecule has 0 aliphatic rings. The van der Waals surface area contributed by atoms with Gasteiger partial charge in [-0.2, -0.15) is 0 Å². The van der Waals surface area contributed by atoms with Crippen LogP contribution in [0.3, 0.4) is 0 Å². The Balaban J connectivity index is 2.47. The topological polar surface area (TPSA) is 26.0 Å². The lowest BCUT2D eigenvalue weighted by atomic mass is 9.96. The van der Waals surface area contributed by atoms with Gasteiger partial charge < -0.3 is 5.73 Å². The minimum atomic E-state index is -0.172. The van der Waals surface area contributed by atoms with Crippen molar-refractivity contribution in [2.45, 2.75) is 13.0 Å². The van der Waals surface area contributed by atoms with Crippen LogP contribution < -0.4 is 5.73 Å². The highest BCUT2D eigenvalue weighted by Gasteiger charge is 2.14. The third-order valence-corrected chi connectivity index (χ3v) is 4.31. The van der Waals surface area contributed by atoms with E-state index in [-0.39, 0.29) is 6.04 Å². The molecule has 2 aromatic rings. The molecule has 18 heavy (non-hydrogen) atoms. The van der Waals surface area contributed by atoms with Gasteiger partial charge in [0.15, 0.2) is 0 Å². The summed E-state index contributed by atoms with van der Waals surface area (Å²) in [6, 6.07) is 11.6. The summed E-state index contributed by atoms with van der Waals surface area (Å²) in [5.74, 6) is 0. The van der Waals surface area contributed by atoms with Crippen molar-refractivity contribution in [2.24, 2.45) is 5.73 Å². The summed E-state index contributed by atoms with van der Waals surface area (Å²) in [6.45, 7) is 2.02. The fraction of sp³-hybridized carbons (Fsp3) is 0.143. The standard InChI is InChI=1S/C14H12Br2ClN/c1-8-6-10(17)3-4-11(8)14(18)12-7-9(15)2-5-13(12)16/h2-7,14H,18H2,1H3. The Morgan fingerprint density at radius 2 is 1.78 bits per heavy atom. The first-order chi connectivity index (χ1) is 8.49. The predicted molar refractivity (Wildman–Crippen MR) is 84.1 cm³/mol. The fourth-order valence-electron chi connectivity index (χ4n) is 1.91. The molecule has 4 heteroatoms. The van der Waals surface area contributed by atoms with Crippen molar-refractivity contribution in [1.82, 2.24) is 0 Å². The first-order valence-electron chi connectivity index (χ1n) is 5.45. The van der Waals surface area contributed by atoms with E-state index in [1.807, 2.05) is 43.3 Å². The number of rotatable bonds is 2. The Labute approximate surface area is 129 Å². The first kappa shape index (κ1) is 14.1. The van der Waals surface area contributed by atoms with Gasteiger partial charge in [-0.25, -0.2) is 0 Å². The van der Waals surface area contributed by atoms with E-state index in [0.717, 1.165) is 30.7 Å². The zero-order chi connectivity index (χ0) is 13.3. The van der Waals surface area contributed by atoms with Gasteiger partial charge in [0.05, 0.1) is 6.04 Å². The molecule has 2 N–H and O–H groups in total. The molecule has 0 aliphatic carbocycles. The second-order valence-electron chi connectivity index (χ2n) is 4.14. The van der Waals surface area contributed by atoms with E-state index in [1.165, 1.54) is 0 Å². The van der Waals surface area contributed by atoms with Crippen LogP contribution in [0, 0.1) is 6.92 Å². The maximum atomic E-state index is 6.34. The molecule has 0 fully saturated rings. The monoisotopic (exact) mass is 387 g/mol. The van der Waals surface area contributed by atoms with Gasteiger partial charge in [0.1, 0.15) is 0 Å². The van der Waals surface area contributed by atoms with Crippen LogP contribution in [0.25, 0.3) is 0 Å². The van der Waals surface area contributed by atoms with E-state index < -0.39 is 0 Å². The van der Waals surface area contributed by atoms with Crippen LogP contribution in [-0.2, 0) is 0 Å². The summed E-state index contributed by atoms with van der Waals surface area (Å²) >= 11 is 13.0. The summed E-state index contributed by atoms with van der Waals surface area (Å²) in [5.41, 5.74) is 9.57. The minimum Gasteiger partial charge on any atom is -0.320 e. The van der Waals surface area contributed by atoms with E-state index in [2.05, 4.69) is 31.9 Å². The van der Waals surface area contributed by atoms with Gasteiger partial charge in [-0.15, -0.1) is 0 Å². The SMILES string of the molecule is Cc1cc(Cl)ccc1C(N)c1cc(Br)ccc1Br. The highest BCUT2D eigenvalue weighted by atomic mass is 79.9. The minimum absolute atomic E-state index is 0.172. The van der Waals surface area contributed by atoms with Crippen LogP contribution in [0.5, 0.6) is 0 Å². The Morgan fingerprint density at radius 3 is 2.44 bits per heavy atom. The summed E-state index contributed by atoms with van der Waals surface area (Å²) in [6.07, 6.45) is 0. The Morgan fingerprint density at radius 1 is 1.06 bits per heavy atom. The van der Waals surface area contributed by atoms with Crippen LogP contribution in [0.1, 0.15) is 22.7 Å². The van der Waals surface area contributed by atoms with Crippen LogP contribution >= 0.6 is 43.5 Å². The molecule has 0 bridgehead atoms. The van der Waals surface area contributed by atoms with E-state index in [0.29, 0.717) is 0 Å². The van der Waals surface area contributed by atoms with Crippen LogP contribution in [0.4, 0.5) is 0 Å². The summed E-state index contributed by atoms with van der Waals surface area (Å²) in [4.78, 5) is 0. The van der Waals surface area contributed by atoms with Gasteiger partial charge in [-0.1, -0.05) is 49.5 Å². The number of halogens is 3. The van der Waals surface area contributed by atoms with Gasteiger partial charge in [-0.05, 0) is 53.9 Å². The summed E-state index contributed by atoms with van der Waals surface area (Å²) in [7, 11) is 0. The molecule has 2 aromatic carbocycles. The molecule has 1 unspecified atom stereocenters. The Hall–Kier alpha value is -0.350. The van der Waals surface area contributed by atoms with Gasteiger partial charge in [-0.3, -0.25) is 0 Å². The molecule has 0 saturated carbocycles. The van der Waals surface area contributed by atoms with E-state index in [9.17, 15) is 0 Å². The maximum Gasteiger partial charge on any atom is 0.0565 e. The molecule has 0 saturated heterocycles. The molecular formula is C14H12Br2ClN. The lowest BCUT2D eigenvalue weighted by Gasteiger charge is -2.17. The number of benzene rings is 2. The Kier molecular flexibility index (Phi) is 4.49. The molecule has 0 spiro atoms. The first-order valence-corrected chi connectivity index (χ1v) is 7.42. The van der Waals surface area contributed by atoms with E-state index >= 15 is 0 Å². The third kappa shape index (κ3) is 2.97. The second-order valence-corrected chi connectivity index (χ2v) is 6.35. The molecule has 0 heterocycles. The lowest BCUT2D eigenvalue weighted by molar-refractivity contribution is 0.855. The van der Waals surface area contributed by atoms with E-state index in [4.69, 9.17) is 17.3 Å². The molecule has 2 rings (SSSR count). The normalized spacial score (nSPS) is 12.5. The fourth-order valence-corrected chi connectivity index (χ4v) is 3.01. The number of aryl methyl sites for hydroxylation is 1. The average molecular weight is 390 g/mol. The van der Waals surface area contributed by atoms with Crippen LogP contribution in [0.2, 0.25) is 5.02 Å². The number of nitrogens with two attached hydrogens (primary N) is 1. The Bertz CT molecular complexity index is 584. The highest BCUT2D eigenvalue weighted by Crippen LogP contribution is 2.31. The molecule has 0 aliphatic heterocycles. The predicted octanol–water partition coefficient (Wildman–Crippen LogP) is 5.22. The molecular weight excluding hydrogens is 377 g/mol. The van der Waals surface area contributed by atoms with Gasteiger partial charge in [0.2, 0.25) is 0 Å². The van der Waals surface area contributed by atoms with Crippen molar-refractivity contribution >= 4 is 43.5 Å². The maximum absolute atomic E-state index is 6.34. The molecule has 0 aromatic heterocycles. The zero-order valence-corrected chi connectivity index (χ0v) is 13.7. The van der Waals surface area contributed by atoms with Crippen LogP contribution in [-0.4, -0.2) is 0 Å². The molecule has 94 valence electrons. The van der Waals surface area contributed by atoms with Crippen LogP contribution in [0.15, 0.2) is 45.3 Å². The van der Waals surface area contributed by atoms with Gasteiger partial charge in [0.25, 0.3) is 0 Å². The third-order valence-electron chi connectivity index (χ3n) is 2.86. The van der Waals surface area contributed by atoms with E-state index in [1.54, 1.807) is 0 Å². The van der Waals surface area contributed by atoms with Crippen molar-refractivity contribution < 1.29 is 0 Å². The highest BCUT2D eigenvalue weighted by molar-refractivity contribution is 9.11.